The van der Waals surface area contributed by atoms with Gasteiger partial charge in [0.1, 0.15) is 0 Å². The van der Waals surface area contributed by atoms with Crippen molar-refractivity contribution in [2.45, 2.75) is 20.4 Å². The molecule has 0 saturated carbocycles. The van der Waals surface area contributed by atoms with E-state index in [-0.39, 0.29) is 0 Å². The van der Waals surface area contributed by atoms with E-state index < -0.39 is 0 Å². The van der Waals surface area contributed by atoms with Crippen molar-refractivity contribution in [3.05, 3.63) is 35.4 Å². The third kappa shape index (κ3) is 4.68. The topological polar surface area (TPSA) is 12.0 Å². The third-order valence-corrected chi connectivity index (χ3v) is 2.98. The predicted octanol–water partition coefficient (Wildman–Crippen LogP) is 2.84. The van der Waals surface area contributed by atoms with Gasteiger partial charge in [-0.3, -0.25) is 0 Å². The van der Waals surface area contributed by atoms with Gasteiger partial charge in [0.15, 0.2) is 0 Å². The van der Waals surface area contributed by atoms with Crippen molar-refractivity contribution in [2.24, 2.45) is 0 Å². The number of hydrogen-bond donors (Lipinski definition) is 1. The molecule has 1 aromatic carbocycles. The molecule has 0 spiro atoms. The Hall–Kier alpha value is -0.470. The maximum atomic E-state index is 3.44. The van der Waals surface area contributed by atoms with Crippen LogP contribution >= 0.6 is 11.8 Å². The van der Waals surface area contributed by atoms with E-state index in [2.05, 4.69) is 43.4 Å². The van der Waals surface area contributed by atoms with Crippen LogP contribution in [0, 0.1) is 6.92 Å². The Bertz CT molecular complexity index is 243. The second kappa shape index (κ2) is 6.91. The molecule has 0 aromatic heterocycles. The average Bonchev–Trinajstić information content (AvgIpc) is 2.21. The summed E-state index contributed by atoms with van der Waals surface area (Å²) in [6.07, 6.45) is 0. The van der Waals surface area contributed by atoms with E-state index in [9.17, 15) is 0 Å². The standard InChI is InChI=1S/C12H19NS/c1-3-14-9-8-13-10-12-6-4-11(2)5-7-12/h4-7,13H,3,8-10H2,1-2H3. The quantitative estimate of drug-likeness (QED) is 0.723. The Labute approximate surface area is 91.3 Å². The molecule has 0 bridgehead atoms. The van der Waals surface area contributed by atoms with E-state index >= 15 is 0 Å². The lowest BCUT2D eigenvalue weighted by atomic mass is 10.1. The van der Waals surface area contributed by atoms with Gasteiger partial charge in [0.2, 0.25) is 0 Å². The fourth-order valence-corrected chi connectivity index (χ4v) is 1.80. The molecule has 0 atom stereocenters. The van der Waals surface area contributed by atoms with Crippen LogP contribution in [0.4, 0.5) is 0 Å². The highest BCUT2D eigenvalue weighted by Crippen LogP contribution is 2.02. The van der Waals surface area contributed by atoms with Crippen LogP contribution in [0.3, 0.4) is 0 Å². The normalized spacial score (nSPS) is 10.4. The van der Waals surface area contributed by atoms with Crippen molar-refractivity contribution in [3.8, 4) is 0 Å². The third-order valence-electron chi connectivity index (χ3n) is 2.08. The molecule has 1 N–H and O–H groups in total. The molecule has 0 fully saturated rings. The first-order valence-corrected chi connectivity index (χ1v) is 6.32. The first-order chi connectivity index (χ1) is 6.83. The summed E-state index contributed by atoms with van der Waals surface area (Å²) in [6.45, 7) is 6.41. The van der Waals surface area contributed by atoms with E-state index in [1.807, 2.05) is 11.8 Å². The van der Waals surface area contributed by atoms with Crippen LogP contribution < -0.4 is 5.32 Å². The van der Waals surface area contributed by atoms with Gasteiger partial charge in [-0.1, -0.05) is 36.8 Å². The lowest BCUT2D eigenvalue weighted by Gasteiger charge is -2.04. The highest BCUT2D eigenvalue weighted by molar-refractivity contribution is 7.99. The number of rotatable bonds is 6. The monoisotopic (exact) mass is 209 g/mol. The minimum atomic E-state index is 0.991. The van der Waals surface area contributed by atoms with E-state index in [1.165, 1.54) is 22.6 Å². The van der Waals surface area contributed by atoms with E-state index in [1.54, 1.807) is 0 Å². The molecule has 0 aliphatic rings. The molecule has 0 aliphatic carbocycles. The summed E-state index contributed by atoms with van der Waals surface area (Å²) in [7, 11) is 0. The number of benzene rings is 1. The van der Waals surface area contributed by atoms with Gasteiger partial charge < -0.3 is 5.32 Å². The molecule has 0 saturated heterocycles. The van der Waals surface area contributed by atoms with Gasteiger partial charge >= 0.3 is 0 Å². The maximum absolute atomic E-state index is 3.44. The zero-order valence-electron chi connectivity index (χ0n) is 9.05. The number of thioether (sulfide) groups is 1. The molecule has 78 valence electrons. The largest absolute Gasteiger partial charge is 0.312 e. The number of aryl methyl sites for hydroxylation is 1. The Kier molecular flexibility index (Phi) is 5.72. The summed E-state index contributed by atoms with van der Waals surface area (Å²) in [5.74, 6) is 2.43. The molecule has 1 aromatic rings. The highest BCUT2D eigenvalue weighted by Gasteiger charge is 1.91. The van der Waals surface area contributed by atoms with Crippen molar-refractivity contribution >= 4 is 11.8 Å². The fourth-order valence-electron chi connectivity index (χ4n) is 1.23. The van der Waals surface area contributed by atoms with Gasteiger partial charge in [-0.05, 0) is 18.2 Å². The van der Waals surface area contributed by atoms with E-state index in [0.29, 0.717) is 0 Å². The van der Waals surface area contributed by atoms with Crippen LogP contribution in [-0.4, -0.2) is 18.1 Å². The van der Waals surface area contributed by atoms with E-state index in [0.717, 1.165) is 13.1 Å². The molecular weight excluding hydrogens is 190 g/mol. The summed E-state index contributed by atoms with van der Waals surface area (Å²) in [5, 5.41) is 3.44. The summed E-state index contributed by atoms with van der Waals surface area (Å²) in [5.41, 5.74) is 2.70. The molecule has 0 heterocycles. The van der Waals surface area contributed by atoms with Gasteiger partial charge in [-0.15, -0.1) is 0 Å². The average molecular weight is 209 g/mol. The van der Waals surface area contributed by atoms with Crippen LogP contribution in [0.25, 0.3) is 0 Å². The molecule has 0 unspecified atom stereocenters. The number of nitrogens with one attached hydrogen (secondary N) is 1. The minimum absolute atomic E-state index is 0.991. The zero-order valence-corrected chi connectivity index (χ0v) is 9.86. The van der Waals surface area contributed by atoms with Crippen LogP contribution in [0.15, 0.2) is 24.3 Å². The van der Waals surface area contributed by atoms with Gasteiger partial charge in [0.05, 0.1) is 0 Å². The fraction of sp³-hybridized carbons (Fsp3) is 0.500. The molecule has 0 amide bonds. The first-order valence-electron chi connectivity index (χ1n) is 5.17. The molecule has 2 heteroatoms. The zero-order chi connectivity index (χ0) is 10.2. The second-order valence-electron chi connectivity index (χ2n) is 3.36. The molecule has 14 heavy (non-hydrogen) atoms. The van der Waals surface area contributed by atoms with Crippen molar-refractivity contribution in [2.75, 3.05) is 18.1 Å². The van der Waals surface area contributed by atoms with Crippen LogP contribution in [-0.2, 0) is 6.54 Å². The lowest BCUT2D eigenvalue weighted by molar-refractivity contribution is 0.732. The van der Waals surface area contributed by atoms with E-state index in [4.69, 9.17) is 0 Å². The summed E-state index contributed by atoms with van der Waals surface area (Å²) < 4.78 is 0. The summed E-state index contributed by atoms with van der Waals surface area (Å²) >= 11 is 1.98. The molecule has 0 radical (unpaired) electrons. The van der Waals surface area contributed by atoms with Gasteiger partial charge in [-0.2, -0.15) is 11.8 Å². The Morgan fingerprint density at radius 2 is 1.93 bits per heavy atom. The molecule has 1 nitrogen and oxygen atoms in total. The number of hydrogen-bond acceptors (Lipinski definition) is 2. The predicted molar refractivity (Wildman–Crippen MR) is 65.9 cm³/mol. The van der Waals surface area contributed by atoms with Crippen LogP contribution in [0.5, 0.6) is 0 Å². The lowest BCUT2D eigenvalue weighted by Crippen LogP contribution is -2.16. The smallest absolute Gasteiger partial charge is 0.0205 e. The second-order valence-corrected chi connectivity index (χ2v) is 4.75. The molecular formula is C12H19NS. The van der Waals surface area contributed by atoms with Crippen LogP contribution in [0.1, 0.15) is 18.1 Å². The maximum Gasteiger partial charge on any atom is 0.0205 e. The summed E-state index contributed by atoms with van der Waals surface area (Å²) in [4.78, 5) is 0. The van der Waals surface area contributed by atoms with Gasteiger partial charge in [0, 0.05) is 18.8 Å². The SMILES string of the molecule is CCSCCNCc1ccc(C)cc1. The van der Waals surface area contributed by atoms with Crippen LogP contribution in [0.2, 0.25) is 0 Å². The Morgan fingerprint density at radius 3 is 2.57 bits per heavy atom. The van der Waals surface area contributed by atoms with Gasteiger partial charge in [-0.25, -0.2) is 0 Å². The van der Waals surface area contributed by atoms with Crippen molar-refractivity contribution in [1.29, 1.82) is 0 Å². The highest BCUT2D eigenvalue weighted by atomic mass is 32.2. The Morgan fingerprint density at radius 1 is 1.21 bits per heavy atom. The molecule has 1 rings (SSSR count). The minimum Gasteiger partial charge on any atom is -0.312 e. The van der Waals surface area contributed by atoms with Crippen molar-refractivity contribution < 1.29 is 0 Å². The summed E-state index contributed by atoms with van der Waals surface area (Å²) in [6, 6.07) is 8.71. The van der Waals surface area contributed by atoms with Crippen molar-refractivity contribution in [1.82, 2.24) is 5.32 Å². The van der Waals surface area contributed by atoms with Crippen molar-refractivity contribution in [3.63, 3.8) is 0 Å². The first kappa shape index (κ1) is 11.6. The van der Waals surface area contributed by atoms with Gasteiger partial charge in [0.25, 0.3) is 0 Å². The Balaban J connectivity index is 2.15. The molecule has 0 aliphatic heterocycles.